The Bertz CT molecular complexity index is 755. The van der Waals surface area contributed by atoms with E-state index in [-0.39, 0.29) is 11.2 Å². The smallest absolute Gasteiger partial charge is 0.273 e. The van der Waals surface area contributed by atoms with E-state index in [0.717, 1.165) is 11.3 Å². The summed E-state index contributed by atoms with van der Waals surface area (Å²) < 4.78 is 6.18. The molecule has 21 heavy (non-hydrogen) atoms. The van der Waals surface area contributed by atoms with Crippen molar-refractivity contribution in [2.75, 3.05) is 0 Å². The van der Waals surface area contributed by atoms with Crippen molar-refractivity contribution in [1.82, 2.24) is 4.98 Å². The first-order chi connectivity index (χ1) is 9.93. The highest BCUT2D eigenvalue weighted by Gasteiger charge is 2.16. The van der Waals surface area contributed by atoms with Gasteiger partial charge >= 0.3 is 0 Å². The molecule has 0 bridgehead atoms. The average Bonchev–Trinajstić information content (AvgIpc) is 2.45. The molecule has 1 aromatic heterocycles. The summed E-state index contributed by atoms with van der Waals surface area (Å²) in [7, 11) is 0. The van der Waals surface area contributed by atoms with Gasteiger partial charge in [0.25, 0.3) is 11.2 Å². The first-order valence-electron chi connectivity index (χ1n) is 6.27. The molecule has 0 unspecified atom stereocenters. The first-order valence-corrected chi connectivity index (χ1v) is 7.35. The van der Waals surface area contributed by atoms with E-state index in [2.05, 4.69) is 4.98 Å². The molecule has 2 aromatic rings. The van der Waals surface area contributed by atoms with Crippen molar-refractivity contribution in [1.29, 1.82) is 0 Å². The van der Waals surface area contributed by atoms with Gasteiger partial charge in [-0.15, -0.1) is 0 Å². The van der Waals surface area contributed by atoms with Crippen LogP contribution in [0, 0.1) is 20.6 Å². The van der Waals surface area contributed by atoms with Gasteiger partial charge in [0.2, 0.25) is 0 Å². The van der Waals surface area contributed by atoms with Gasteiger partial charge < -0.3 is 9.72 Å². The lowest BCUT2D eigenvalue weighted by Crippen LogP contribution is -2.15. The van der Waals surface area contributed by atoms with E-state index in [1.54, 1.807) is 19.1 Å². The van der Waals surface area contributed by atoms with Crippen molar-refractivity contribution in [3.05, 3.63) is 59.6 Å². The molecule has 1 aromatic carbocycles. The van der Waals surface area contributed by atoms with Gasteiger partial charge in [0.15, 0.2) is 5.75 Å². The van der Waals surface area contributed by atoms with Crippen LogP contribution in [0.3, 0.4) is 0 Å². The number of H-pyrrole nitrogens is 1. The number of aromatic nitrogens is 1. The van der Waals surface area contributed by atoms with Crippen molar-refractivity contribution in [3.8, 4) is 11.5 Å². The number of benzene rings is 1. The van der Waals surface area contributed by atoms with E-state index in [0.29, 0.717) is 21.5 Å². The molecule has 0 aliphatic heterocycles. The zero-order valence-corrected chi connectivity index (χ0v) is 13.6. The minimum absolute atomic E-state index is 0.0536. The number of nitrogens with one attached hydrogen (secondary N) is 1. The molecule has 0 aliphatic rings. The molecule has 0 atom stereocenters. The maximum atomic E-state index is 11.8. The molecule has 0 spiro atoms. The van der Waals surface area contributed by atoms with E-state index in [1.165, 1.54) is 12.1 Å². The van der Waals surface area contributed by atoms with Gasteiger partial charge in [0.05, 0.1) is 11.0 Å². The van der Waals surface area contributed by atoms with Crippen molar-refractivity contribution >= 4 is 28.3 Å². The number of hydrogen-bond acceptors (Lipinski definition) is 4. The van der Waals surface area contributed by atoms with E-state index in [1.807, 2.05) is 29.5 Å². The van der Waals surface area contributed by atoms with Crippen LogP contribution in [-0.4, -0.2) is 9.91 Å². The Labute approximate surface area is 134 Å². The molecule has 2 rings (SSSR count). The fraction of sp³-hybridized carbons (Fsp3) is 0.214. The van der Waals surface area contributed by atoms with Gasteiger partial charge in [-0.2, -0.15) is 0 Å². The molecule has 1 heterocycles. The fourth-order valence-electron chi connectivity index (χ4n) is 2.02. The Morgan fingerprint density at radius 3 is 2.76 bits per heavy atom. The Kier molecular flexibility index (Phi) is 4.61. The second-order valence-corrected chi connectivity index (χ2v) is 5.49. The number of non-ortho nitro benzene ring substituents is 1. The Morgan fingerprint density at radius 2 is 2.14 bits per heavy atom. The predicted molar refractivity (Wildman–Crippen MR) is 87.1 cm³/mol. The van der Waals surface area contributed by atoms with Crippen molar-refractivity contribution in [2.24, 2.45) is 0 Å². The minimum Gasteiger partial charge on any atom is -0.455 e. The Balaban J connectivity index is 2.51. The highest BCUT2D eigenvalue weighted by Crippen LogP contribution is 2.31. The molecule has 6 nitrogen and oxygen atoms in total. The standard InChI is InChI=1S/C14H13IN2O4/c1-3-11-8(2)16-14(18)12(15)13(11)21-10-6-4-5-9(7-10)17(19)20/h4-7H,3H2,1-2H3,(H,16,18). The monoisotopic (exact) mass is 400 g/mol. The summed E-state index contributed by atoms with van der Waals surface area (Å²) in [5.41, 5.74) is 1.33. The lowest BCUT2D eigenvalue weighted by atomic mass is 10.1. The molecule has 0 saturated heterocycles. The molecular formula is C14H13IN2O4. The fourth-order valence-corrected chi connectivity index (χ4v) is 2.59. The molecule has 0 radical (unpaired) electrons. The first kappa shape index (κ1) is 15.5. The molecule has 0 fully saturated rings. The number of nitro groups is 1. The number of ether oxygens (including phenoxy) is 1. The summed E-state index contributed by atoms with van der Waals surface area (Å²) in [4.78, 5) is 24.9. The number of hydrogen-bond donors (Lipinski definition) is 1. The van der Waals surface area contributed by atoms with E-state index in [9.17, 15) is 14.9 Å². The average molecular weight is 400 g/mol. The molecule has 0 aliphatic carbocycles. The summed E-state index contributed by atoms with van der Waals surface area (Å²) in [5.74, 6) is 0.793. The largest absolute Gasteiger partial charge is 0.455 e. The van der Waals surface area contributed by atoms with Gasteiger partial charge in [-0.25, -0.2) is 0 Å². The highest BCUT2D eigenvalue weighted by atomic mass is 127. The van der Waals surface area contributed by atoms with E-state index in [4.69, 9.17) is 4.74 Å². The summed E-state index contributed by atoms with van der Waals surface area (Å²) >= 11 is 1.92. The van der Waals surface area contributed by atoms with Crippen LogP contribution in [0.2, 0.25) is 0 Å². The third kappa shape index (κ3) is 3.23. The van der Waals surface area contributed by atoms with Crippen LogP contribution in [0.4, 0.5) is 5.69 Å². The van der Waals surface area contributed by atoms with Crippen LogP contribution >= 0.6 is 22.6 Å². The molecule has 1 N–H and O–H groups in total. The van der Waals surface area contributed by atoms with Crippen LogP contribution in [0.15, 0.2) is 29.1 Å². The summed E-state index contributed by atoms with van der Waals surface area (Å²) in [6.07, 6.45) is 0.683. The van der Waals surface area contributed by atoms with Crippen LogP contribution in [0.5, 0.6) is 11.5 Å². The van der Waals surface area contributed by atoms with Gasteiger partial charge in [-0.1, -0.05) is 13.0 Å². The van der Waals surface area contributed by atoms with Crippen LogP contribution in [-0.2, 0) is 6.42 Å². The van der Waals surface area contributed by atoms with Crippen LogP contribution in [0.25, 0.3) is 0 Å². The summed E-state index contributed by atoms with van der Waals surface area (Å²) in [6, 6.07) is 5.90. The summed E-state index contributed by atoms with van der Waals surface area (Å²) in [5, 5.41) is 10.8. The number of nitrogens with zero attached hydrogens (tertiary/aromatic N) is 1. The van der Waals surface area contributed by atoms with Crippen LogP contribution < -0.4 is 10.3 Å². The van der Waals surface area contributed by atoms with Gasteiger partial charge in [0.1, 0.15) is 9.32 Å². The van der Waals surface area contributed by atoms with Crippen molar-refractivity contribution in [2.45, 2.75) is 20.3 Å². The van der Waals surface area contributed by atoms with Gasteiger partial charge in [-0.3, -0.25) is 14.9 Å². The topological polar surface area (TPSA) is 85.2 Å². The Hall–Kier alpha value is -1.90. The molecular weight excluding hydrogens is 387 g/mol. The van der Waals surface area contributed by atoms with Crippen LogP contribution in [0.1, 0.15) is 18.2 Å². The number of aromatic amines is 1. The van der Waals surface area contributed by atoms with Gasteiger partial charge in [-0.05, 0) is 42.0 Å². The zero-order chi connectivity index (χ0) is 15.6. The van der Waals surface area contributed by atoms with Crippen molar-refractivity contribution in [3.63, 3.8) is 0 Å². The molecule has 110 valence electrons. The maximum absolute atomic E-state index is 11.8. The minimum atomic E-state index is -0.485. The predicted octanol–water partition coefficient (Wildman–Crippen LogP) is 3.55. The number of halogens is 1. The third-order valence-corrected chi connectivity index (χ3v) is 4.01. The number of nitro benzene ring substituents is 1. The van der Waals surface area contributed by atoms with Crippen molar-refractivity contribution < 1.29 is 9.66 Å². The second kappa shape index (κ2) is 6.25. The highest BCUT2D eigenvalue weighted by molar-refractivity contribution is 14.1. The molecule has 0 saturated carbocycles. The number of pyridine rings is 1. The molecule has 0 amide bonds. The maximum Gasteiger partial charge on any atom is 0.273 e. The SMILES string of the molecule is CCc1c(C)[nH]c(=O)c(I)c1Oc1cccc([N+](=O)[O-])c1. The quantitative estimate of drug-likeness (QED) is 0.483. The lowest BCUT2D eigenvalue weighted by molar-refractivity contribution is -0.384. The van der Waals surface area contributed by atoms with E-state index < -0.39 is 4.92 Å². The van der Waals surface area contributed by atoms with Gasteiger partial charge in [0, 0.05) is 17.3 Å². The normalized spacial score (nSPS) is 10.4. The third-order valence-electron chi connectivity index (χ3n) is 3.03. The lowest BCUT2D eigenvalue weighted by Gasteiger charge is -2.13. The Morgan fingerprint density at radius 1 is 1.43 bits per heavy atom. The van der Waals surface area contributed by atoms with E-state index >= 15 is 0 Å². The second-order valence-electron chi connectivity index (χ2n) is 4.41. The summed E-state index contributed by atoms with van der Waals surface area (Å²) in [6.45, 7) is 3.76. The zero-order valence-electron chi connectivity index (χ0n) is 11.5. The number of aryl methyl sites for hydroxylation is 1. The molecule has 7 heteroatoms. The number of rotatable bonds is 4.